The summed E-state index contributed by atoms with van der Waals surface area (Å²) < 4.78 is 26.0. The van der Waals surface area contributed by atoms with E-state index in [0.29, 0.717) is 24.0 Å². The van der Waals surface area contributed by atoms with Crippen LogP contribution in [0.15, 0.2) is 96.1 Å². The number of allylic oxidation sites excluding steroid dienone is 1. The molecule has 7 heteroatoms. The summed E-state index contributed by atoms with van der Waals surface area (Å²) in [6.07, 6.45) is 5.29. The third-order valence-corrected chi connectivity index (χ3v) is 11.0. The van der Waals surface area contributed by atoms with Crippen molar-refractivity contribution < 1.29 is 33.3 Å². The van der Waals surface area contributed by atoms with Gasteiger partial charge in [-0.2, -0.15) is 0 Å². The molecular formula is C41H46O7. The predicted octanol–water partition coefficient (Wildman–Crippen LogP) is 7.67. The molecule has 0 amide bonds. The number of esters is 2. The summed E-state index contributed by atoms with van der Waals surface area (Å²) in [5.41, 5.74) is 2.77. The van der Waals surface area contributed by atoms with Crippen molar-refractivity contribution in [1.29, 1.82) is 0 Å². The molecule has 0 unspecified atom stereocenters. The van der Waals surface area contributed by atoms with E-state index < -0.39 is 58.9 Å². The number of hydrogen-bond donors (Lipinski definition) is 0. The number of hydrogen-bond acceptors (Lipinski definition) is 7. The molecule has 1 saturated heterocycles. The molecule has 2 aromatic carbocycles. The van der Waals surface area contributed by atoms with E-state index in [-0.39, 0.29) is 18.1 Å². The van der Waals surface area contributed by atoms with Gasteiger partial charge in [-0.25, -0.2) is 9.59 Å². The Bertz CT molecular complexity index is 1680. The molecule has 0 radical (unpaired) electrons. The fourth-order valence-electron chi connectivity index (χ4n) is 8.64. The minimum atomic E-state index is -0.913. The maximum atomic E-state index is 13.8. The third kappa shape index (κ3) is 6.26. The molecule has 252 valence electrons. The Morgan fingerprint density at radius 2 is 1.42 bits per heavy atom. The number of rotatable bonds is 6. The summed E-state index contributed by atoms with van der Waals surface area (Å²) in [6, 6.07) is 19.1. The Hall–Kier alpha value is -4.07. The Labute approximate surface area is 283 Å². The van der Waals surface area contributed by atoms with Gasteiger partial charge in [0.1, 0.15) is 18.3 Å². The van der Waals surface area contributed by atoms with Crippen LogP contribution in [-0.4, -0.2) is 47.9 Å². The minimum absolute atomic E-state index is 0.00121. The van der Waals surface area contributed by atoms with Crippen molar-refractivity contribution >= 4 is 29.9 Å². The first-order valence-corrected chi connectivity index (χ1v) is 16.9. The number of benzene rings is 2. The van der Waals surface area contributed by atoms with E-state index >= 15 is 0 Å². The monoisotopic (exact) mass is 650 g/mol. The number of ketones is 1. The van der Waals surface area contributed by atoms with Gasteiger partial charge in [-0.1, -0.05) is 88.0 Å². The molecule has 1 aliphatic heterocycles. The quantitative estimate of drug-likeness (QED) is 0.180. The molecular weight excluding hydrogens is 604 g/mol. The Morgan fingerprint density at radius 1 is 0.854 bits per heavy atom. The third-order valence-electron chi connectivity index (χ3n) is 11.0. The SMILES string of the molecule is C=C1[C@@H](OC(=O)/C=C/c2ccccc2)CC[C@@]2(C)[C@H]3OC(C)(C)O[C@@H]3C3=C(C)C(=O)C[C@@H]([C@@H](OC(=O)/C=C/c4ccccc4)[C@H]12)C3(C)C. The lowest BCUT2D eigenvalue weighted by Gasteiger charge is -2.58. The maximum Gasteiger partial charge on any atom is 0.331 e. The summed E-state index contributed by atoms with van der Waals surface area (Å²) in [5.74, 6) is -2.79. The van der Waals surface area contributed by atoms with Crippen molar-refractivity contribution in [2.45, 2.75) is 91.0 Å². The summed E-state index contributed by atoms with van der Waals surface area (Å²) >= 11 is 0. The minimum Gasteiger partial charge on any atom is -0.458 e. The molecule has 0 spiro atoms. The van der Waals surface area contributed by atoms with Crippen LogP contribution in [-0.2, 0) is 33.3 Å². The van der Waals surface area contributed by atoms with Crippen molar-refractivity contribution in [3.8, 4) is 0 Å². The summed E-state index contributed by atoms with van der Waals surface area (Å²) in [7, 11) is 0. The van der Waals surface area contributed by atoms with Gasteiger partial charge in [-0.3, -0.25) is 4.79 Å². The van der Waals surface area contributed by atoms with E-state index in [9.17, 15) is 14.4 Å². The predicted molar refractivity (Wildman–Crippen MR) is 184 cm³/mol. The first kappa shape index (κ1) is 33.8. The van der Waals surface area contributed by atoms with E-state index in [2.05, 4.69) is 27.4 Å². The molecule has 7 atom stereocenters. The van der Waals surface area contributed by atoms with E-state index in [1.807, 2.05) is 81.4 Å². The Kier molecular flexibility index (Phi) is 8.98. The average molecular weight is 651 g/mol. The molecule has 2 bridgehead atoms. The highest BCUT2D eigenvalue weighted by molar-refractivity contribution is 5.97. The molecule has 0 N–H and O–H groups in total. The average Bonchev–Trinajstić information content (AvgIpc) is 3.37. The number of carbonyl (C=O) groups excluding carboxylic acids is 3. The fraction of sp³-hybridized carbons (Fsp3) is 0.439. The summed E-state index contributed by atoms with van der Waals surface area (Å²) in [6.45, 7) is 16.6. The van der Waals surface area contributed by atoms with Gasteiger partial charge in [0.05, 0.1) is 6.10 Å². The van der Waals surface area contributed by atoms with E-state index in [0.717, 1.165) is 16.7 Å². The lowest BCUT2D eigenvalue weighted by molar-refractivity contribution is -0.183. The fourth-order valence-corrected chi connectivity index (χ4v) is 8.64. The highest BCUT2D eigenvalue weighted by Crippen LogP contribution is 2.62. The van der Waals surface area contributed by atoms with Gasteiger partial charge in [0, 0.05) is 35.8 Å². The van der Waals surface area contributed by atoms with Gasteiger partial charge in [0.15, 0.2) is 11.6 Å². The van der Waals surface area contributed by atoms with Gasteiger partial charge >= 0.3 is 11.9 Å². The lowest BCUT2D eigenvalue weighted by Crippen LogP contribution is -2.62. The zero-order chi connectivity index (χ0) is 34.4. The molecule has 6 rings (SSSR count). The van der Waals surface area contributed by atoms with Crippen LogP contribution in [0.4, 0.5) is 0 Å². The Balaban J connectivity index is 1.41. The van der Waals surface area contributed by atoms with Gasteiger partial charge in [0.2, 0.25) is 0 Å². The van der Waals surface area contributed by atoms with Crippen LogP contribution in [0, 0.1) is 22.7 Å². The molecule has 4 aliphatic rings. The maximum absolute atomic E-state index is 13.8. The van der Waals surface area contributed by atoms with Crippen molar-refractivity contribution in [2.24, 2.45) is 22.7 Å². The summed E-state index contributed by atoms with van der Waals surface area (Å²) in [4.78, 5) is 40.6. The topological polar surface area (TPSA) is 88.1 Å². The largest absolute Gasteiger partial charge is 0.458 e. The smallest absolute Gasteiger partial charge is 0.331 e. The van der Waals surface area contributed by atoms with Gasteiger partial charge in [-0.15, -0.1) is 0 Å². The summed E-state index contributed by atoms with van der Waals surface area (Å²) in [5, 5.41) is 0. The van der Waals surface area contributed by atoms with Gasteiger partial charge in [-0.05, 0) is 79.0 Å². The second kappa shape index (κ2) is 12.8. The number of Topliss-reactive ketones (excluding diaryl/α,β-unsaturated/α-hetero) is 1. The highest BCUT2D eigenvalue weighted by Gasteiger charge is 2.66. The van der Waals surface area contributed by atoms with E-state index in [1.165, 1.54) is 12.2 Å². The molecule has 2 saturated carbocycles. The van der Waals surface area contributed by atoms with Gasteiger partial charge in [0.25, 0.3) is 0 Å². The molecule has 3 fully saturated rings. The zero-order valence-electron chi connectivity index (χ0n) is 28.7. The molecule has 7 nitrogen and oxygen atoms in total. The first-order valence-electron chi connectivity index (χ1n) is 16.9. The molecule has 3 aliphatic carbocycles. The van der Waals surface area contributed by atoms with Crippen LogP contribution in [0.2, 0.25) is 0 Å². The number of ether oxygens (including phenoxy) is 4. The molecule has 2 aromatic rings. The van der Waals surface area contributed by atoms with Crippen molar-refractivity contribution in [3.63, 3.8) is 0 Å². The first-order chi connectivity index (χ1) is 22.7. The highest BCUT2D eigenvalue weighted by atomic mass is 16.8. The van der Waals surface area contributed by atoms with E-state index in [1.54, 1.807) is 12.2 Å². The normalized spacial score (nSPS) is 32.4. The van der Waals surface area contributed by atoms with Crippen LogP contribution in [0.1, 0.15) is 71.9 Å². The molecule has 48 heavy (non-hydrogen) atoms. The van der Waals surface area contributed by atoms with Crippen LogP contribution >= 0.6 is 0 Å². The molecule has 0 aromatic heterocycles. The Morgan fingerprint density at radius 3 is 2.00 bits per heavy atom. The molecule has 1 heterocycles. The number of carbonyl (C=O) groups is 3. The number of fused-ring (bicyclic) bond motifs is 6. The second-order valence-corrected chi connectivity index (χ2v) is 14.9. The van der Waals surface area contributed by atoms with Crippen molar-refractivity contribution in [1.82, 2.24) is 0 Å². The van der Waals surface area contributed by atoms with Crippen molar-refractivity contribution in [2.75, 3.05) is 0 Å². The van der Waals surface area contributed by atoms with Crippen LogP contribution < -0.4 is 0 Å². The van der Waals surface area contributed by atoms with E-state index in [4.69, 9.17) is 18.9 Å². The van der Waals surface area contributed by atoms with Crippen molar-refractivity contribution in [3.05, 3.63) is 107 Å². The van der Waals surface area contributed by atoms with Crippen LogP contribution in [0.3, 0.4) is 0 Å². The van der Waals surface area contributed by atoms with Crippen LogP contribution in [0.5, 0.6) is 0 Å². The van der Waals surface area contributed by atoms with Gasteiger partial charge < -0.3 is 18.9 Å². The standard InChI is InChI=1S/C41H46O7/c1-25-30(42)24-29-36(46-33(44)21-19-28-16-12-9-13-17-28)35-26(2)31(45-32(43)20-18-27-14-10-8-11-15-27)22-23-41(35,7)38-37(34(25)39(29,3)4)47-40(5,6)48-38/h8-21,29,31,35-38H,2,22-24H2,1,3-7H3/b20-18+,21-19+/t29-,31-,35-,36+,37+,38-,41+/m0/s1. The zero-order valence-corrected chi connectivity index (χ0v) is 28.7. The van der Waals surface area contributed by atoms with Crippen LogP contribution in [0.25, 0.3) is 12.2 Å². The lowest BCUT2D eigenvalue weighted by atomic mass is 9.49. The second-order valence-electron chi connectivity index (χ2n) is 14.9.